The van der Waals surface area contributed by atoms with Gasteiger partial charge in [-0.1, -0.05) is 20.3 Å². The molecule has 1 fully saturated rings. The van der Waals surface area contributed by atoms with Gasteiger partial charge >= 0.3 is 0 Å². The number of rotatable bonds is 5. The number of aromatic nitrogens is 2. The van der Waals surface area contributed by atoms with Crippen molar-refractivity contribution in [3.05, 3.63) is 18.1 Å². The zero-order valence-corrected chi connectivity index (χ0v) is 11.3. The summed E-state index contributed by atoms with van der Waals surface area (Å²) in [5, 5.41) is 12.6. The second-order valence-electron chi connectivity index (χ2n) is 5.41. The lowest BCUT2D eigenvalue weighted by Gasteiger charge is -2.21. The molecular formula is C14H23N3O. The molecule has 0 aromatic carbocycles. The zero-order chi connectivity index (χ0) is 13.0. The fraction of sp³-hybridized carbons (Fsp3) is 0.714. The van der Waals surface area contributed by atoms with Crippen molar-refractivity contribution in [2.75, 3.05) is 11.9 Å². The summed E-state index contributed by atoms with van der Waals surface area (Å²) >= 11 is 0. The van der Waals surface area contributed by atoms with E-state index < -0.39 is 0 Å². The van der Waals surface area contributed by atoms with Crippen LogP contribution >= 0.6 is 0 Å². The normalized spacial score (nSPS) is 23.6. The summed E-state index contributed by atoms with van der Waals surface area (Å²) in [6.07, 6.45) is 6.33. The minimum absolute atomic E-state index is 0.282. The van der Waals surface area contributed by atoms with Crippen LogP contribution in [0.3, 0.4) is 0 Å². The maximum Gasteiger partial charge on any atom is 0.133 e. The molecule has 0 spiro atoms. The van der Waals surface area contributed by atoms with Crippen molar-refractivity contribution < 1.29 is 5.11 Å². The summed E-state index contributed by atoms with van der Waals surface area (Å²) < 4.78 is 0. The lowest BCUT2D eigenvalue weighted by molar-refractivity contribution is 0.254. The Kier molecular flexibility index (Phi) is 4.53. The fourth-order valence-electron chi connectivity index (χ4n) is 2.66. The van der Waals surface area contributed by atoms with E-state index in [1.165, 1.54) is 19.3 Å². The lowest BCUT2D eigenvalue weighted by atomic mass is 10.00. The molecule has 18 heavy (non-hydrogen) atoms. The summed E-state index contributed by atoms with van der Waals surface area (Å²) in [5.41, 5.74) is 0. The molecule has 1 aromatic rings. The third-order valence-electron chi connectivity index (χ3n) is 3.68. The molecule has 0 bridgehead atoms. The van der Waals surface area contributed by atoms with Crippen molar-refractivity contribution in [2.45, 2.75) is 51.5 Å². The Morgan fingerprint density at radius 3 is 3.00 bits per heavy atom. The quantitative estimate of drug-likeness (QED) is 0.842. The highest BCUT2D eigenvalue weighted by Crippen LogP contribution is 2.30. The third kappa shape index (κ3) is 3.19. The fourth-order valence-corrected chi connectivity index (χ4v) is 2.66. The molecule has 1 aliphatic rings. The molecule has 100 valence electrons. The maximum atomic E-state index is 9.07. The van der Waals surface area contributed by atoms with E-state index in [2.05, 4.69) is 29.1 Å². The number of aliphatic hydroxyl groups is 1. The molecule has 1 aliphatic carbocycles. The van der Waals surface area contributed by atoms with Crippen molar-refractivity contribution in [3.63, 3.8) is 0 Å². The van der Waals surface area contributed by atoms with Crippen LogP contribution in [0, 0.1) is 5.92 Å². The molecule has 2 atom stereocenters. The Morgan fingerprint density at radius 1 is 1.44 bits per heavy atom. The van der Waals surface area contributed by atoms with Gasteiger partial charge in [0.05, 0.1) is 0 Å². The molecule has 1 heterocycles. The van der Waals surface area contributed by atoms with Crippen LogP contribution in [0.5, 0.6) is 0 Å². The van der Waals surface area contributed by atoms with Gasteiger partial charge in [0.1, 0.15) is 11.6 Å². The first-order valence-electron chi connectivity index (χ1n) is 6.91. The Labute approximate surface area is 109 Å². The molecule has 4 nitrogen and oxygen atoms in total. The Morgan fingerprint density at radius 2 is 2.28 bits per heavy atom. The second-order valence-corrected chi connectivity index (χ2v) is 5.41. The molecule has 0 amide bonds. The Bertz CT molecular complexity index is 381. The molecule has 4 heteroatoms. The highest BCUT2D eigenvalue weighted by molar-refractivity contribution is 5.35. The second kappa shape index (κ2) is 6.14. The van der Waals surface area contributed by atoms with E-state index in [1.54, 1.807) is 0 Å². The molecule has 0 aliphatic heterocycles. The van der Waals surface area contributed by atoms with Gasteiger partial charge in [-0.3, -0.25) is 0 Å². The zero-order valence-electron chi connectivity index (χ0n) is 11.3. The van der Waals surface area contributed by atoms with Gasteiger partial charge in [0.2, 0.25) is 0 Å². The van der Waals surface area contributed by atoms with Gasteiger partial charge in [0, 0.05) is 24.8 Å². The topological polar surface area (TPSA) is 58.0 Å². The van der Waals surface area contributed by atoms with E-state index >= 15 is 0 Å². The van der Waals surface area contributed by atoms with Gasteiger partial charge in [-0.2, -0.15) is 0 Å². The molecule has 0 radical (unpaired) electrons. The largest absolute Gasteiger partial charge is 0.396 e. The average molecular weight is 249 g/mol. The van der Waals surface area contributed by atoms with E-state index in [9.17, 15) is 0 Å². The van der Waals surface area contributed by atoms with E-state index in [4.69, 9.17) is 5.11 Å². The molecule has 2 unspecified atom stereocenters. The van der Waals surface area contributed by atoms with Crippen LogP contribution in [0.15, 0.2) is 12.3 Å². The van der Waals surface area contributed by atoms with Crippen LogP contribution in [-0.2, 0) is 0 Å². The van der Waals surface area contributed by atoms with Gasteiger partial charge in [-0.05, 0) is 31.2 Å². The van der Waals surface area contributed by atoms with Crippen LogP contribution in [0.25, 0.3) is 0 Å². The van der Waals surface area contributed by atoms with Gasteiger partial charge in [0.15, 0.2) is 0 Å². The van der Waals surface area contributed by atoms with Gasteiger partial charge in [0.25, 0.3) is 0 Å². The number of nitrogens with one attached hydrogen (secondary N) is 1. The van der Waals surface area contributed by atoms with E-state index in [1.807, 2.05) is 12.3 Å². The predicted octanol–water partition coefficient (Wildman–Crippen LogP) is 2.56. The van der Waals surface area contributed by atoms with E-state index in [0.717, 1.165) is 18.1 Å². The summed E-state index contributed by atoms with van der Waals surface area (Å²) in [6.45, 7) is 4.48. The number of nitrogens with zero attached hydrogens (tertiary/aromatic N) is 2. The van der Waals surface area contributed by atoms with Crippen molar-refractivity contribution >= 4 is 5.82 Å². The Balaban J connectivity index is 2.02. The molecule has 0 saturated heterocycles. The van der Waals surface area contributed by atoms with Crippen molar-refractivity contribution in [2.24, 2.45) is 5.92 Å². The van der Waals surface area contributed by atoms with E-state index in [-0.39, 0.29) is 6.61 Å². The molecule has 2 N–H and O–H groups in total. The van der Waals surface area contributed by atoms with Crippen LogP contribution in [-0.4, -0.2) is 27.7 Å². The first kappa shape index (κ1) is 13.3. The monoisotopic (exact) mass is 249 g/mol. The number of hydrogen-bond acceptors (Lipinski definition) is 4. The number of anilines is 1. The van der Waals surface area contributed by atoms with Gasteiger partial charge in [-0.25, -0.2) is 9.97 Å². The van der Waals surface area contributed by atoms with Crippen LogP contribution in [0.4, 0.5) is 5.82 Å². The summed E-state index contributed by atoms with van der Waals surface area (Å²) in [6, 6.07) is 2.38. The molecular weight excluding hydrogens is 226 g/mol. The summed E-state index contributed by atoms with van der Waals surface area (Å²) in [5.74, 6) is 2.73. The maximum absolute atomic E-state index is 9.07. The van der Waals surface area contributed by atoms with Gasteiger partial charge in [-0.15, -0.1) is 0 Å². The van der Waals surface area contributed by atoms with E-state index in [0.29, 0.717) is 17.9 Å². The first-order chi connectivity index (χ1) is 8.70. The number of hydrogen-bond donors (Lipinski definition) is 2. The smallest absolute Gasteiger partial charge is 0.133 e. The summed E-state index contributed by atoms with van der Waals surface area (Å²) in [7, 11) is 0. The van der Waals surface area contributed by atoms with Crippen LogP contribution in [0.2, 0.25) is 0 Å². The molecule has 1 saturated carbocycles. The highest BCUT2D eigenvalue weighted by atomic mass is 16.3. The highest BCUT2D eigenvalue weighted by Gasteiger charge is 2.26. The number of aliphatic hydroxyl groups excluding tert-OH is 1. The van der Waals surface area contributed by atoms with Crippen LogP contribution in [0.1, 0.15) is 51.3 Å². The molecule has 1 aromatic heterocycles. The van der Waals surface area contributed by atoms with Crippen molar-refractivity contribution in [1.29, 1.82) is 0 Å². The molecule has 2 rings (SSSR count). The average Bonchev–Trinajstić information content (AvgIpc) is 2.77. The van der Waals surface area contributed by atoms with Gasteiger partial charge < -0.3 is 10.4 Å². The standard InChI is InChI=1S/C14H23N3O/c1-10(2)14-15-8-6-13(17-14)16-12-5-3-4-11(12)7-9-18/h6,8,10-12,18H,3-5,7,9H2,1-2H3,(H,15,16,17). The Hall–Kier alpha value is -1.16. The van der Waals surface area contributed by atoms with Crippen molar-refractivity contribution in [1.82, 2.24) is 9.97 Å². The predicted molar refractivity (Wildman–Crippen MR) is 72.6 cm³/mol. The minimum atomic E-state index is 0.282. The lowest BCUT2D eigenvalue weighted by Crippen LogP contribution is -2.25. The first-order valence-corrected chi connectivity index (χ1v) is 6.91. The van der Waals surface area contributed by atoms with Crippen molar-refractivity contribution in [3.8, 4) is 0 Å². The summed E-state index contributed by atoms with van der Waals surface area (Å²) in [4.78, 5) is 8.82. The minimum Gasteiger partial charge on any atom is -0.396 e. The van der Waals surface area contributed by atoms with Crippen LogP contribution < -0.4 is 5.32 Å². The third-order valence-corrected chi connectivity index (χ3v) is 3.68. The SMILES string of the molecule is CC(C)c1nccc(NC2CCCC2CCO)n1.